The minimum atomic E-state index is -1.05. The van der Waals surface area contributed by atoms with Crippen LogP contribution in [0.3, 0.4) is 0 Å². The number of hydrogen-bond acceptors (Lipinski definition) is 4. The van der Waals surface area contributed by atoms with E-state index in [-0.39, 0.29) is 5.97 Å². The number of rotatable bonds is 7. The van der Waals surface area contributed by atoms with Gasteiger partial charge in [0, 0.05) is 20.9 Å². The Morgan fingerprint density at radius 2 is 2.17 bits per heavy atom. The molecule has 6 heteroatoms. The van der Waals surface area contributed by atoms with Gasteiger partial charge in [-0.3, -0.25) is 0 Å². The Morgan fingerprint density at radius 3 is 2.78 bits per heavy atom. The standard InChI is InChI=1S/C12H22N2O3Si/c1-5-17-12(15)11-8-13-14(9-11)10-16-6-7-18(2,3)4/h8-9H,5-7,10H2,1-4H3. The zero-order valence-corrected chi connectivity index (χ0v) is 12.6. The van der Waals surface area contributed by atoms with Crippen LogP contribution in [0.4, 0.5) is 0 Å². The van der Waals surface area contributed by atoms with Crippen LogP contribution in [0.15, 0.2) is 12.4 Å². The maximum Gasteiger partial charge on any atom is 0.341 e. The smallest absolute Gasteiger partial charge is 0.341 e. The summed E-state index contributed by atoms with van der Waals surface area (Å²) in [6, 6.07) is 1.12. The van der Waals surface area contributed by atoms with Gasteiger partial charge >= 0.3 is 5.97 Å². The predicted molar refractivity (Wildman–Crippen MR) is 72.3 cm³/mol. The summed E-state index contributed by atoms with van der Waals surface area (Å²) in [7, 11) is -1.05. The van der Waals surface area contributed by atoms with E-state index >= 15 is 0 Å². The molecule has 0 atom stereocenters. The van der Waals surface area contributed by atoms with Crippen molar-refractivity contribution in [1.29, 1.82) is 0 Å². The van der Waals surface area contributed by atoms with Crippen LogP contribution in [-0.2, 0) is 16.2 Å². The van der Waals surface area contributed by atoms with Crippen LogP contribution in [0, 0.1) is 0 Å². The molecule has 0 aliphatic rings. The van der Waals surface area contributed by atoms with E-state index in [1.165, 1.54) is 6.20 Å². The van der Waals surface area contributed by atoms with Gasteiger partial charge in [0.15, 0.2) is 0 Å². The second-order valence-corrected chi connectivity index (χ2v) is 11.0. The molecule has 1 rings (SSSR count). The third-order valence-corrected chi connectivity index (χ3v) is 4.07. The molecular formula is C12H22N2O3Si. The van der Waals surface area contributed by atoms with Crippen LogP contribution < -0.4 is 0 Å². The van der Waals surface area contributed by atoms with Crippen molar-refractivity contribution in [1.82, 2.24) is 9.78 Å². The highest BCUT2D eigenvalue weighted by Crippen LogP contribution is 2.08. The number of carbonyl (C=O) groups excluding carboxylic acids is 1. The Balaban J connectivity index is 2.33. The molecule has 5 nitrogen and oxygen atoms in total. The molecule has 0 N–H and O–H groups in total. The molecule has 0 saturated heterocycles. The van der Waals surface area contributed by atoms with E-state index in [9.17, 15) is 4.79 Å². The average Bonchev–Trinajstić information content (AvgIpc) is 2.72. The number of nitrogens with zero attached hydrogens (tertiary/aromatic N) is 2. The molecule has 18 heavy (non-hydrogen) atoms. The normalized spacial score (nSPS) is 11.6. The Kier molecular flexibility index (Phi) is 5.55. The van der Waals surface area contributed by atoms with Crippen LogP contribution in [-0.4, -0.2) is 37.0 Å². The van der Waals surface area contributed by atoms with Gasteiger partial charge in [0.1, 0.15) is 6.73 Å². The summed E-state index contributed by atoms with van der Waals surface area (Å²) < 4.78 is 12.0. The third kappa shape index (κ3) is 5.46. The maximum absolute atomic E-state index is 11.4. The summed E-state index contributed by atoms with van der Waals surface area (Å²) in [5, 5.41) is 4.06. The number of aromatic nitrogens is 2. The zero-order chi connectivity index (χ0) is 13.6. The van der Waals surface area contributed by atoms with Crippen LogP contribution in [0.25, 0.3) is 0 Å². The molecule has 0 radical (unpaired) electrons. The molecule has 0 aliphatic carbocycles. The molecule has 0 spiro atoms. The molecule has 0 unspecified atom stereocenters. The van der Waals surface area contributed by atoms with Crippen molar-refractivity contribution < 1.29 is 14.3 Å². The van der Waals surface area contributed by atoms with E-state index in [0.29, 0.717) is 18.9 Å². The van der Waals surface area contributed by atoms with Crippen molar-refractivity contribution in [2.24, 2.45) is 0 Å². The molecule has 0 amide bonds. The second-order valence-electron chi connectivity index (χ2n) is 5.34. The van der Waals surface area contributed by atoms with Crippen molar-refractivity contribution in [3.8, 4) is 0 Å². The highest BCUT2D eigenvalue weighted by Gasteiger charge is 2.12. The lowest BCUT2D eigenvalue weighted by molar-refractivity contribution is 0.0525. The summed E-state index contributed by atoms with van der Waals surface area (Å²) in [5.74, 6) is -0.342. The molecule has 102 valence electrons. The molecule has 0 bridgehead atoms. The minimum Gasteiger partial charge on any atom is -0.462 e. The summed E-state index contributed by atoms with van der Waals surface area (Å²) >= 11 is 0. The van der Waals surface area contributed by atoms with Crippen molar-refractivity contribution in [3.63, 3.8) is 0 Å². The molecule has 0 saturated carbocycles. The first-order chi connectivity index (χ1) is 8.42. The van der Waals surface area contributed by atoms with Gasteiger partial charge in [-0.25, -0.2) is 9.48 Å². The fourth-order valence-electron chi connectivity index (χ4n) is 1.29. The SMILES string of the molecule is CCOC(=O)c1cnn(COCC[Si](C)(C)C)c1. The number of ether oxygens (including phenoxy) is 2. The number of esters is 1. The first kappa shape index (κ1) is 14.9. The first-order valence-corrected chi connectivity index (χ1v) is 9.90. The predicted octanol–water partition coefficient (Wildman–Crippen LogP) is 2.37. The van der Waals surface area contributed by atoms with Crippen molar-refractivity contribution in [3.05, 3.63) is 18.0 Å². The summed E-state index contributed by atoms with van der Waals surface area (Å²) in [6.07, 6.45) is 3.15. The molecule has 1 aromatic rings. The van der Waals surface area contributed by atoms with E-state index in [1.54, 1.807) is 17.8 Å². The van der Waals surface area contributed by atoms with E-state index in [4.69, 9.17) is 9.47 Å². The quantitative estimate of drug-likeness (QED) is 0.433. The fourth-order valence-corrected chi connectivity index (χ4v) is 2.05. The van der Waals surface area contributed by atoms with Crippen LogP contribution >= 0.6 is 0 Å². The average molecular weight is 270 g/mol. The zero-order valence-electron chi connectivity index (χ0n) is 11.6. The van der Waals surface area contributed by atoms with Gasteiger partial charge in [-0.1, -0.05) is 19.6 Å². The second kappa shape index (κ2) is 6.70. The molecular weight excluding hydrogens is 248 g/mol. The highest BCUT2D eigenvalue weighted by atomic mass is 28.3. The lowest BCUT2D eigenvalue weighted by Gasteiger charge is -2.15. The first-order valence-electron chi connectivity index (χ1n) is 6.19. The molecule has 0 aliphatic heterocycles. The highest BCUT2D eigenvalue weighted by molar-refractivity contribution is 6.76. The monoisotopic (exact) mass is 270 g/mol. The van der Waals surface area contributed by atoms with Gasteiger partial charge in [0.05, 0.1) is 18.4 Å². The van der Waals surface area contributed by atoms with Crippen molar-refractivity contribution in [2.45, 2.75) is 39.3 Å². The lowest BCUT2D eigenvalue weighted by atomic mass is 10.4. The third-order valence-electron chi connectivity index (χ3n) is 2.36. The Morgan fingerprint density at radius 1 is 1.44 bits per heavy atom. The largest absolute Gasteiger partial charge is 0.462 e. The van der Waals surface area contributed by atoms with Crippen LogP contribution in [0.1, 0.15) is 17.3 Å². The Hall–Kier alpha value is -1.14. The van der Waals surface area contributed by atoms with Crippen LogP contribution in [0.2, 0.25) is 25.7 Å². The fraction of sp³-hybridized carbons (Fsp3) is 0.667. The summed E-state index contributed by atoms with van der Waals surface area (Å²) in [4.78, 5) is 11.4. The topological polar surface area (TPSA) is 53.3 Å². The van der Waals surface area contributed by atoms with Crippen molar-refractivity contribution >= 4 is 14.0 Å². The van der Waals surface area contributed by atoms with Gasteiger partial charge in [0.2, 0.25) is 0 Å². The van der Waals surface area contributed by atoms with Crippen LogP contribution in [0.5, 0.6) is 0 Å². The van der Waals surface area contributed by atoms with E-state index in [1.807, 2.05) is 0 Å². The molecule has 0 fully saturated rings. The van der Waals surface area contributed by atoms with Gasteiger partial charge in [-0.2, -0.15) is 5.10 Å². The number of carbonyl (C=O) groups is 1. The molecule has 1 heterocycles. The van der Waals surface area contributed by atoms with Crippen molar-refractivity contribution in [2.75, 3.05) is 13.2 Å². The van der Waals surface area contributed by atoms with E-state index < -0.39 is 8.07 Å². The molecule has 1 aromatic heterocycles. The van der Waals surface area contributed by atoms with E-state index in [2.05, 4.69) is 24.7 Å². The lowest BCUT2D eigenvalue weighted by Crippen LogP contribution is -2.22. The minimum absolute atomic E-state index is 0.342. The maximum atomic E-state index is 11.4. The van der Waals surface area contributed by atoms with E-state index in [0.717, 1.165) is 12.7 Å². The van der Waals surface area contributed by atoms with Gasteiger partial charge in [0.25, 0.3) is 0 Å². The Labute approximate surface area is 109 Å². The molecule has 0 aromatic carbocycles. The van der Waals surface area contributed by atoms with Gasteiger partial charge in [-0.15, -0.1) is 0 Å². The van der Waals surface area contributed by atoms with Gasteiger partial charge in [-0.05, 0) is 13.0 Å². The summed E-state index contributed by atoms with van der Waals surface area (Å²) in [6.45, 7) is 10.2. The summed E-state index contributed by atoms with van der Waals surface area (Å²) in [5.41, 5.74) is 0.464. The van der Waals surface area contributed by atoms with Gasteiger partial charge < -0.3 is 9.47 Å². The Bertz CT molecular complexity index is 385. The number of hydrogen-bond donors (Lipinski definition) is 0.